The highest BCUT2D eigenvalue weighted by atomic mass is 16.5. The molecule has 0 aliphatic heterocycles. The van der Waals surface area contributed by atoms with E-state index in [4.69, 9.17) is 0 Å². The Kier molecular flexibility index (Phi) is 7.99. The molecule has 4 nitrogen and oxygen atoms in total. The van der Waals surface area contributed by atoms with Gasteiger partial charge in [0.15, 0.2) is 0 Å². The van der Waals surface area contributed by atoms with Crippen LogP contribution in [0.1, 0.15) is 40.5 Å². The highest BCUT2D eigenvalue weighted by Gasteiger charge is 2.12. The minimum atomic E-state index is -0.343. The number of carbonyl (C=O) groups excluding carboxylic acids is 1. The van der Waals surface area contributed by atoms with E-state index in [2.05, 4.69) is 42.6 Å². The van der Waals surface area contributed by atoms with Crippen LogP contribution in [0.4, 0.5) is 4.79 Å². The lowest BCUT2D eigenvalue weighted by molar-refractivity contribution is 0.165. The number of hydrogen-bond donors (Lipinski definition) is 1. The first kappa shape index (κ1) is 15.2. The zero-order valence-electron chi connectivity index (χ0n) is 11.2. The van der Waals surface area contributed by atoms with Gasteiger partial charge in [-0.1, -0.05) is 0 Å². The topological polar surface area (TPSA) is 41.6 Å². The van der Waals surface area contributed by atoms with Gasteiger partial charge in [-0.15, -0.1) is 0 Å². The van der Waals surface area contributed by atoms with Crippen molar-refractivity contribution < 1.29 is 9.53 Å². The summed E-state index contributed by atoms with van der Waals surface area (Å²) in [5, 5.41) is 2.68. The van der Waals surface area contributed by atoms with Crippen LogP contribution < -0.4 is 5.32 Å². The molecule has 0 bridgehead atoms. The number of nitrogens with one attached hydrogen (secondary N) is 1. The van der Waals surface area contributed by atoms with Gasteiger partial charge < -0.3 is 10.1 Å². The largest absolute Gasteiger partial charge is 0.453 e. The van der Waals surface area contributed by atoms with Gasteiger partial charge in [0.2, 0.25) is 0 Å². The fourth-order valence-corrected chi connectivity index (χ4v) is 1.79. The van der Waals surface area contributed by atoms with E-state index in [-0.39, 0.29) is 6.09 Å². The average molecular weight is 230 g/mol. The lowest BCUT2D eigenvalue weighted by Gasteiger charge is -2.30. The molecule has 0 atom stereocenters. The monoisotopic (exact) mass is 230 g/mol. The first-order chi connectivity index (χ1) is 7.49. The van der Waals surface area contributed by atoms with E-state index in [9.17, 15) is 4.79 Å². The second-order valence-electron chi connectivity index (χ2n) is 4.55. The lowest BCUT2D eigenvalue weighted by atomic mass is 10.2. The Morgan fingerprint density at radius 3 is 2.19 bits per heavy atom. The van der Waals surface area contributed by atoms with E-state index >= 15 is 0 Å². The van der Waals surface area contributed by atoms with Crippen LogP contribution in [0.3, 0.4) is 0 Å². The molecule has 16 heavy (non-hydrogen) atoms. The number of nitrogens with zero attached hydrogens (tertiary/aromatic N) is 1. The van der Waals surface area contributed by atoms with Crippen molar-refractivity contribution in [3.05, 3.63) is 0 Å². The molecule has 0 unspecified atom stereocenters. The summed E-state index contributed by atoms with van der Waals surface area (Å²) in [5.74, 6) is 0. The van der Waals surface area contributed by atoms with Crippen LogP contribution in [0.2, 0.25) is 0 Å². The molecule has 1 N–H and O–H groups in total. The number of carbonyl (C=O) groups is 1. The molecule has 0 aromatic rings. The van der Waals surface area contributed by atoms with E-state index in [1.165, 1.54) is 7.11 Å². The minimum absolute atomic E-state index is 0.343. The third-order valence-electron chi connectivity index (χ3n) is 2.62. The number of hydrogen-bond acceptors (Lipinski definition) is 3. The van der Waals surface area contributed by atoms with Crippen LogP contribution in [0.25, 0.3) is 0 Å². The molecule has 1 amide bonds. The number of ether oxygens (including phenoxy) is 1. The summed E-state index contributed by atoms with van der Waals surface area (Å²) in [6.07, 6.45) is 1.75. The lowest BCUT2D eigenvalue weighted by Crippen LogP contribution is -2.38. The molecule has 0 saturated heterocycles. The molecule has 0 aliphatic rings. The molecule has 4 heteroatoms. The summed E-state index contributed by atoms with van der Waals surface area (Å²) >= 11 is 0. The quantitative estimate of drug-likeness (QED) is 0.682. The standard InChI is InChI=1S/C12H26N2O2/c1-10(2)14(11(3)4)9-7-6-8-13-12(15)16-5/h10-11H,6-9H2,1-5H3,(H,13,15). The van der Waals surface area contributed by atoms with Crippen molar-refractivity contribution in [2.75, 3.05) is 20.2 Å². The van der Waals surface area contributed by atoms with E-state index in [0.717, 1.165) is 19.4 Å². The number of methoxy groups -OCH3 is 1. The van der Waals surface area contributed by atoms with Crippen molar-refractivity contribution in [1.82, 2.24) is 10.2 Å². The summed E-state index contributed by atoms with van der Waals surface area (Å²) in [4.78, 5) is 13.2. The highest BCUT2D eigenvalue weighted by Crippen LogP contribution is 2.06. The van der Waals surface area contributed by atoms with Gasteiger partial charge in [-0.3, -0.25) is 4.90 Å². The normalized spacial score (nSPS) is 11.2. The maximum absolute atomic E-state index is 10.8. The Hall–Kier alpha value is -0.770. The molecule has 0 spiro atoms. The average Bonchev–Trinajstić information content (AvgIpc) is 2.21. The smallest absolute Gasteiger partial charge is 0.406 e. The van der Waals surface area contributed by atoms with Gasteiger partial charge in [0.05, 0.1) is 7.11 Å². The summed E-state index contributed by atoms with van der Waals surface area (Å²) < 4.78 is 4.49. The number of unbranched alkanes of at least 4 members (excludes halogenated alkanes) is 1. The van der Waals surface area contributed by atoms with E-state index in [0.29, 0.717) is 18.6 Å². The summed E-state index contributed by atoms with van der Waals surface area (Å²) in [6, 6.07) is 1.15. The maximum atomic E-state index is 10.8. The SMILES string of the molecule is COC(=O)NCCCCN(C(C)C)C(C)C. The predicted molar refractivity (Wildman–Crippen MR) is 66.6 cm³/mol. The van der Waals surface area contributed by atoms with Crippen molar-refractivity contribution in [3.8, 4) is 0 Å². The fraction of sp³-hybridized carbons (Fsp3) is 0.917. The Balaban J connectivity index is 3.59. The fourth-order valence-electron chi connectivity index (χ4n) is 1.79. The molecular formula is C12H26N2O2. The van der Waals surface area contributed by atoms with Gasteiger partial charge in [-0.25, -0.2) is 4.79 Å². The van der Waals surface area contributed by atoms with Gasteiger partial charge in [-0.05, 0) is 47.1 Å². The predicted octanol–water partition coefficient (Wildman–Crippen LogP) is 2.24. The zero-order valence-corrected chi connectivity index (χ0v) is 11.2. The molecule has 0 saturated carbocycles. The van der Waals surface area contributed by atoms with Crippen LogP contribution in [0.5, 0.6) is 0 Å². The molecular weight excluding hydrogens is 204 g/mol. The van der Waals surface area contributed by atoms with Crippen LogP contribution >= 0.6 is 0 Å². The Morgan fingerprint density at radius 1 is 1.19 bits per heavy atom. The summed E-state index contributed by atoms with van der Waals surface area (Å²) in [6.45, 7) is 10.6. The maximum Gasteiger partial charge on any atom is 0.406 e. The van der Waals surface area contributed by atoms with E-state index in [1.807, 2.05) is 0 Å². The highest BCUT2D eigenvalue weighted by molar-refractivity contribution is 5.66. The van der Waals surface area contributed by atoms with Crippen molar-refractivity contribution in [1.29, 1.82) is 0 Å². The van der Waals surface area contributed by atoms with E-state index < -0.39 is 0 Å². The third-order valence-corrected chi connectivity index (χ3v) is 2.62. The Bertz CT molecular complexity index is 185. The second-order valence-corrected chi connectivity index (χ2v) is 4.55. The van der Waals surface area contributed by atoms with Crippen LogP contribution in [-0.4, -0.2) is 43.3 Å². The Morgan fingerprint density at radius 2 is 1.75 bits per heavy atom. The van der Waals surface area contributed by atoms with Gasteiger partial charge >= 0.3 is 6.09 Å². The molecule has 0 fully saturated rings. The molecule has 96 valence electrons. The van der Waals surface area contributed by atoms with E-state index in [1.54, 1.807) is 0 Å². The third kappa shape index (κ3) is 6.67. The first-order valence-corrected chi connectivity index (χ1v) is 6.06. The Labute approximate surface area is 99.3 Å². The van der Waals surface area contributed by atoms with Crippen LogP contribution in [-0.2, 0) is 4.74 Å². The number of alkyl carbamates (subject to hydrolysis) is 1. The van der Waals surface area contributed by atoms with Crippen molar-refractivity contribution in [3.63, 3.8) is 0 Å². The van der Waals surface area contributed by atoms with Gasteiger partial charge in [0, 0.05) is 18.6 Å². The minimum Gasteiger partial charge on any atom is -0.453 e. The van der Waals surface area contributed by atoms with Crippen LogP contribution in [0.15, 0.2) is 0 Å². The van der Waals surface area contributed by atoms with Crippen LogP contribution in [0, 0.1) is 0 Å². The molecule has 0 aliphatic carbocycles. The second kappa shape index (κ2) is 8.39. The van der Waals surface area contributed by atoms with Crippen molar-refractivity contribution in [2.24, 2.45) is 0 Å². The van der Waals surface area contributed by atoms with Gasteiger partial charge in [-0.2, -0.15) is 0 Å². The van der Waals surface area contributed by atoms with Gasteiger partial charge in [0.1, 0.15) is 0 Å². The van der Waals surface area contributed by atoms with Crippen molar-refractivity contribution in [2.45, 2.75) is 52.6 Å². The number of amides is 1. The molecule has 0 rings (SSSR count). The number of rotatable bonds is 7. The van der Waals surface area contributed by atoms with Gasteiger partial charge in [0.25, 0.3) is 0 Å². The first-order valence-electron chi connectivity index (χ1n) is 6.06. The zero-order chi connectivity index (χ0) is 12.6. The molecule has 0 heterocycles. The van der Waals surface area contributed by atoms with Crippen molar-refractivity contribution >= 4 is 6.09 Å². The summed E-state index contributed by atoms with van der Waals surface area (Å²) in [7, 11) is 1.38. The molecule has 0 aromatic carbocycles. The molecule has 0 radical (unpaired) electrons. The molecule has 0 aromatic heterocycles. The summed E-state index contributed by atoms with van der Waals surface area (Å²) in [5.41, 5.74) is 0.